The van der Waals surface area contributed by atoms with Crippen LogP contribution < -0.4 is 4.74 Å². The molecule has 3 aliphatic rings. The third-order valence-electron chi connectivity index (χ3n) is 10.3. The second-order valence-corrected chi connectivity index (χ2v) is 12.9. The first-order valence-corrected chi connectivity index (χ1v) is 16.3. The molecule has 11 rings (SSSR count). The summed E-state index contributed by atoms with van der Waals surface area (Å²) >= 11 is 0. The summed E-state index contributed by atoms with van der Waals surface area (Å²) in [4.78, 5) is 10.8. The van der Waals surface area contributed by atoms with Gasteiger partial charge in [-0.05, 0) is 52.9 Å². The standard InChI is InChI=1S/C42H27N3O2/c1-2-11-25(12-3-1)39-38-30-16-8-9-17-35(30)47-41(38)44-42(43-39)45-34-22-33-32-20-26-13-4-5-14-27(26)21-36(32)46-37(33)23-31(34)29-19-18-24-10-6-7-15-28(24)40(29)45/h1-11,13-23,25,38-39H,12H2. The Labute approximate surface area is 269 Å². The average molecular weight is 606 g/mol. The molecule has 3 atom stereocenters. The zero-order valence-electron chi connectivity index (χ0n) is 25.3. The van der Waals surface area contributed by atoms with Gasteiger partial charge in [0.15, 0.2) is 0 Å². The molecule has 0 N–H and O–H groups in total. The highest BCUT2D eigenvalue weighted by Crippen LogP contribution is 2.45. The maximum atomic E-state index is 6.55. The summed E-state index contributed by atoms with van der Waals surface area (Å²) < 4.78 is 15.3. The molecule has 47 heavy (non-hydrogen) atoms. The molecule has 1 aliphatic carbocycles. The Kier molecular flexibility index (Phi) is 5.00. The van der Waals surface area contributed by atoms with Crippen LogP contribution in [0.1, 0.15) is 17.9 Å². The predicted octanol–water partition coefficient (Wildman–Crippen LogP) is 10.3. The summed E-state index contributed by atoms with van der Waals surface area (Å²) in [5.74, 6) is 2.45. The van der Waals surface area contributed by atoms with Crippen molar-refractivity contribution in [3.63, 3.8) is 0 Å². The minimum Gasteiger partial charge on any atom is -0.456 e. The van der Waals surface area contributed by atoms with Crippen LogP contribution in [0.2, 0.25) is 0 Å². The fraction of sp³-hybridized carbons (Fsp3) is 0.0952. The lowest BCUT2D eigenvalue weighted by atomic mass is 9.81. The lowest BCUT2D eigenvalue weighted by Gasteiger charge is -2.30. The quantitative estimate of drug-likeness (QED) is 0.187. The van der Waals surface area contributed by atoms with Gasteiger partial charge in [-0.2, -0.15) is 4.99 Å². The number of aromatic nitrogens is 1. The van der Waals surface area contributed by atoms with Crippen LogP contribution >= 0.6 is 0 Å². The van der Waals surface area contributed by atoms with Gasteiger partial charge in [0, 0.05) is 38.4 Å². The number of hydrogen-bond donors (Lipinski definition) is 0. The zero-order chi connectivity index (χ0) is 30.6. The van der Waals surface area contributed by atoms with Gasteiger partial charge in [0.25, 0.3) is 0 Å². The molecule has 0 spiro atoms. The van der Waals surface area contributed by atoms with Crippen LogP contribution in [-0.2, 0) is 0 Å². The van der Waals surface area contributed by atoms with Crippen molar-refractivity contribution in [1.29, 1.82) is 0 Å². The molecule has 0 radical (unpaired) electrons. The van der Waals surface area contributed by atoms with Crippen LogP contribution in [0.15, 0.2) is 148 Å². The van der Waals surface area contributed by atoms with E-state index < -0.39 is 0 Å². The molecule has 0 saturated carbocycles. The number of nitrogens with zero attached hydrogens (tertiary/aromatic N) is 3. The van der Waals surface area contributed by atoms with Crippen molar-refractivity contribution in [1.82, 2.24) is 4.57 Å². The van der Waals surface area contributed by atoms with E-state index in [0.29, 0.717) is 5.96 Å². The third-order valence-corrected chi connectivity index (χ3v) is 10.3. The van der Waals surface area contributed by atoms with Gasteiger partial charge in [-0.3, -0.25) is 4.57 Å². The van der Waals surface area contributed by atoms with Gasteiger partial charge in [0.05, 0.1) is 23.0 Å². The van der Waals surface area contributed by atoms with Gasteiger partial charge in [-0.25, -0.2) is 4.99 Å². The molecule has 4 heterocycles. The normalized spacial score (nSPS) is 20.3. The van der Waals surface area contributed by atoms with Gasteiger partial charge < -0.3 is 9.15 Å². The van der Waals surface area contributed by atoms with Crippen LogP contribution in [0.25, 0.3) is 65.3 Å². The first-order valence-electron chi connectivity index (χ1n) is 16.3. The largest absolute Gasteiger partial charge is 0.456 e. The molecule has 0 fully saturated rings. The van der Waals surface area contributed by atoms with E-state index in [1.165, 1.54) is 16.2 Å². The van der Waals surface area contributed by atoms with Gasteiger partial charge >= 0.3 is 0 Å². The number of fused-ring (bicyclic) bond motifs is 12. The van der Waals surface area contributed by atoms with E-state index in [1.807, 2.05) is 12.1 Å². The number of rotatable bonds is 1. The van der Waals surface area contributed by atoms with E-state index in [-0.39, 0.29) is 17.9 Å². The molecule has 222 valence electrons. The Bertz CT molecular complexity index is 2770. The Balaban J connectivity index is 1.24. The number of allylic oxidation sites excluding steroid dienone is 3. The molecule has 8 aromatic rings. The second kappa shape index (κ2) is 9.30. The summed E-state index contributed by atoms with van der Waals surface area (Å²) in [6, 6.07) is 38.6. The number of hydrogen-bond acceptors (Lipinski definition) is 4. The first kappa shape index (κ1) is 25.3. The van der Waals surface area contributed by atoms with Crippen LogP contribution in [0, 0.1) is 5.92 Å². The summed E-state index contributed by atoms with van der Waals surface area (Å²) in [7, 11) is 0. The second-order valence-electron chi connectivity index (χ2n) is 12.9. The topological polar surface area (TPSA) is 52.0 Å². The number of benzene rings is 6. The van der Waals surface area contributed by atoms with E-state index in [2.05, 4.69) is 126 Å². The minimum atomic E-state index is -0.0605. The van der Waals surface area contributed by atoms with Gasteiger partial charge in [-0.15, -0.1) is 0 Å². The lowest BCUT2D eigenvalue weighted by molar-refractivity contribution is 0.458. The molecular weight excluding hydrogens is 578 g/mol. The number of para-hydroxylation sites is 1. The predicted molar refractivity (Wildman–Crippen MR) is 192 cm³/mol. The smallest absolute Gasteiger partial charge is 0.233 e. The maximum absolute atomic E-state index is 6.55. The molecule has 0 saturated heterocycles. The van der Waals surface area contributed by atoms with E-state index in [4.69, 9.17) is 19.1 Å². The van der Waals surface area contributed by atoms with Crippen LogP contribution in [0.4, 0.5) is 0 Å². The number of aliphatic imine (C=N–C) groups is 2. The molecule has 0 amide bonds. The van der Waals surface area contributed by atoms with Crippen LogP contribution in [0.5, 0.6) is 5.75 Å². The molecule has 6 aromatic carbocycles. The van der Waals surface area contributed by atoms with Gasteiger partial charge in [0.2, 0.25) is 11.9 Å². The monoisotopic (exact) mass is 605 g/mol. The molecule has 2 aliphatic heterocycles. The fourth-order valence-electron chi connectivity index (χ4n) is 8.14. The summed E-state index contributed by atoms with van der Waals surface area (Å²) in [5.41, 5.74) is 5.07. The molecular formula is C42H27N3O2. The highest BCUT2D eigenvalue weighted by atomic mass is 16.5. The van der Waals surface area contributed by atoms with Crippen molar-refractivity contribution < 1.29 is 9.15 Å². The first-order chi connectivity index (χ1) is 23.3. The molecule has 2 aromatic heterocycles. The maximum Gasteiger partial charge on any atom is 0.233 e. The molecule has 0 bridgehead atoms. The zero-order valence-corrected chi connectivity index (χ0v) is 25.3. The molecule has 5 nitrogen and oxygen atoms in total. The third kappa shape index (κ3) is 3.54. The van der Waals surface area contributed by atoms with Crippen molar-refractivity contribution in [2.24, 2.45) is 15.9 Å². The van der Waals surface area contributed by atoms with E-state index in [1.54, 1.807) is 0 Å². The van der Waals surface area contributed by atoms with Crippen LogP contribution in [0.3, 0.4) is 0 Å². The van der Waals surface area contributed by atoms with Crippen molar-refractivity contribution in [2.45, 2.75) is 18.4 Å². The van der Waals surface area contributed by atoms with E-state index in [9.17, 15) is 0 Å². The van der Waals surface area contributed by atoms with E-state index >= 15 is 0 Å². The molecule has 5 heteroatoms. The van der Waals surface area contributed by atoms with Crippen molar-refractivity contribution in [2.75, 3.05) is 0 Å². The summed E-state index contributed by atoms with van der Waals surface area (Å²) in [6.45, 7) is 0. The molecule has 3 unspecified atom stereocenters. The summed E-state index contributed by atoms with van der Waals surface area (Å²) in [6.07, 6.45) is 9.74. The Morgan fingerprint density at radius 2 is 1.45 bits per heavy atom. The fourth-order valence-corrected chi connectivity index (χ4v) is 8.14. The lowest BCUT2D eigenvalue weighted by Crippen LogP contribution is -2.36. The summed E-state index contributed by atoms with van der Waals surface area (Å²) in [5, 5.41) is 9.13. The Hall–Kier alpha value is -5.94. The van der Waals surface area contributed by atoms with Crippen molar-refractivity contribution in [3.05, 3.63) is 139 Å². The van der Waals surface area contributed by atoms with E-state index in [0.717, 1.165) is 72.8 Å². The Morgan fingerprint density at radius 1 is 0.660 bits per heavy atom. The minimum absolute atomic E-state index is 0.0289. The highest BCUT2D eigenvalue weighted by Gasteiger charge is 2.43. The van der Waals surface area contributed by atoms with Gasteiger partial charge in [-0.1, -0.05) is 103 Å². The average Bonchev–Trinajstić information content (AvgIpc) is 3.78. The SMILES string of the molecule is C1=CCC(C2N=C(n3c4cc5c(cc4c4ccc6ccccc6c43)oc3cc4ccccc4cc35)N=C3Oc4ccccc4C32)C=C1. The highest BCUT2D eigenvalue weighted by molar-refractivity contribution is 6.25. The van der Waals surface area contributed by atoms with Crippen molar-refractivity contribution >= 4 is 77.1 Å². The number of furan rings is 1. The van der Waals surface area contributed by atoms with Gasteiger partial charge in [0.1, 0.15) is 16.9 Å². The van der Waals surface area contributed by atoms with Crippen molar-refractivity contribution in [3.8, 4) is 5.75 Å². The van der Waals surface area contributed by atoms with Crippen LogP contribution in [-0.4, -0.2) is 22.5 Å². The Morgan fingerprint density at radius 3 is 2.34 bits per heavy atom. The number of ether oxygens (including phenoxy) is 1.